The van der Waals surface area contributed by atoms with Crippen LogP contribution in [0.4, 0.5) is 5.13 Å². The molecule has 0 radical (unpaired) electrons. The van der Waals surface area contributed by atoms with Crippen molar-refractivity contribution in [1.82, 2.24) is 10.3 Å². The number of nitrogens with zero attached hydrogens (tertiary/aromatic N) is 2. The highest BCUT2D eigenvalue weighted by Crippen LogP contribution is 2.28. The number of anilines is 1. The van der Waals surface area contributed by atoms with E-state index in [4.69, 9.17) is 9.47 Å². The zero-order valence-electron chi connectivity index (χ0n) is 14.1. The summed E-state index contributed by atoms with van der Waals surface area (Å²) in [6.07, 6.45) is 1.74. The topological polar surface area (TPSA) is 83.9 Å². The van der Waals surface area contributed by atoms with Crippen LogP contribution in [0.3, 0.4) is 0 Å². The minimum atomic E-state index is -0.506. The first-order chi connectivity index (χ1) is 12.1. The van der Waals surface area contributed by atoms with Crippen molar-refractivity contribution >= 4 is 22.4 Å². The minimum absolute atomic E-state index is 0.159. The van der Waals surface area contributed by atoms with Gasteiger partial charge in [-0.25, -0.2) is 4.98 Å². The molecule has 0 saturated carbocycles. The molecule has 1 aromatic heterocycles. The Hall–Kier alpha value is -2.32. The molecule has 2 heterocycles. The molecule has 1 amide bonds. The lowest BCUT2D eigenvalue weighted by Crippen LogP contribution is -2.52. The summed E-state index contributed by atoms with van der Waals surface area (Å²) in [4.78, 5) is 18.8. The number of carbonyl (C=O) groups excluding carboxylic acids is 1. The van der Waals surface area contributed by atoms with Gasteiger partial charge in [0.05, 0.1) is 20.3 Å². The standard InChI is InChI=1S/C17H21N3O4S/c1-23-14-4-3-11(7-15(14)24-2)16(22)19-12-8-13(21)10-20(9-12)17-18-5-6-25-17/h3-7,12-13,21H,8-10H2,1-2H3,(H,19,22)/t12-,13+/m0/s1. The summed E-state index contributed by atoms with van der Waals surface area (Å²) in [5.41, 5.74) is 0.485. The Balaban J connectivity index is 1.69. The van der Waals surface area contributed by atoms with Crippen LogP contribution in [-0.2, 0) is 0 Å². The number of amides is 1. The summed E-state index contributed by atoms with van der Waals surface area (Å²) in [5.74, 6) is 0.865. The predicted octanol–water partition coefficient (Wildman–Crippen LogP) is 1.53. The molecule has 0 bridgehead atoms. The third-order valence-corrected chi connectivity index (χ3v) is 4.93. The third kappa shape index (κ3) is 4.02. The van der Waals surface area contributed by atoms with Gasteiger partial charge in [-0.3, -0.25) is 4.79 Å². The molecule has 3 rings (SSSR count). The van der Waals surface area contributed by atoms with E-state index < -0.39 is 6.10 Å². The number of rotatable bonds is 5. The summed E-state index contributed by atoms with van der Waals surface area (Å²) in [5, 5.41) is 15.9. The van der Waals surface area contributed by atoms with E-state index in [0.29, 0.717) is 36.6 Å². The van der Waals surface area contributed by atoms with Crippen LogP contribution in [-0.4, -0.2) is 55.5 Å². The van der Waals surface area contributed by atoms with Gasteiger partial charge in [0.15, 0.2) is 16.6 Å². The van der Waals surface area contributed by atoms with Crippen molar-refractivity contribution < 1.29 is 19.4 Å². The predicted molar refractivity (Wildman–Crippen MR) is 95.8 cm³/mol. The van der Waals surface area contributed by atoms with Crippen LogP contribution in [0.5, 0.6) is 11.5 Å². The summed E-state index contributed by atoms with van der Waals surface area (Å²) in [6, 6.07) is 4.87. The molecule has 2 N–H and O–H groups in total. The number of benzene rings is 1. The van der Waals surface area contributed by atoms with E-state index in [1.54, 1.807) is 31.5 Å². The second-order valence-corrected chi connectivity index (χ2v) is 6.72. The third-order valence-electron chi connectivity index (χ3n) is 4.10. The Bertz CT molecular complexity index is 723. The number of nitrogens with one attached hydrogen (secondary N) is 1. The molecular weight excluding hydrogens is 342 g/mol. The molecule has 1 saturated heterocycles. The number of aromatic nitrogens is 1. The molecule has 0 unspecified atom stereocenters. The summed E-state index contributed by atoms with van der Waals surface area (Å²) >= 11 is 1.52. The maximum Gasteiger partial charge on any atom is 0.251 e. The molecule has 0 spiro atoms. The summed E-state index contributed by atoms with van der Waals surface area (Å²) < 4.78 is 10.4. The molecule has 8 heteroatoms. The highest BCUT2D eigenvalue weighted by molar-refractivity contribution is 7.13. The Morgan fingerprint density at radius 1 is 1.32 bits per heavy atom. The normalized spacial score (nSPS) is 20.2. The van der Waals surface area contributed by atoms with Crippen LogP contribution in [0.2, 0.25) is 0 Å². The number of carbonyl (C=O) groups is 1. The first-order valence-electron chi connectivity index (χ1n) is 7.96. The fourth-order valence-corrected chi connectivity index (χ4v) is 3.61. The molecule has 25 heavy (non-hydrogen) atoms. The van der Waals surface area contributed by atoms with Crippen molar-refractivity contribution in [2.24, 2.45) is 0 Å². The Labute approximate surface area is 150 Å². The van der Waals surface area contributed by atoms with Crippen molar-refractivity contribution in [3.63, 3.8) is 0 Å². The molecule has 1 aliphatic heterocycles. The first-order valence-corrected chi connectivity index (χ1v) is 8.84. The van der Waals surface area contributed by atoms with E-state index in [-0.39, 0.29) is 11.9 Å². The van der Waals surface area contributed by atoms with Gasteiger partial charge in [0.1, 0.15) is 0 Å². The van der Waals surface area contributed by atoms with Crippen LogP contribution >= 0.6 is 11.3 Å². The Morgan fingerprint density at radius 3 is 2.80 bits per heavy atom. The number of hydrogen-bond donors (Lipinski definition) is 2. The second-order valence-electron chi connectivity index (χ2n) is 5.85. The number of ether oxygens (including phenoxy) is 2. The van der Waals surface area contributed by atoms with Crippen LogP contribution in [0.1, 0.15) is 16.8 Å². The van der Waals surface area contributed by atoms with Gasteiger partial charge in [-0.1, -0.05) is 0 Å². The van der Waals surface area contributed by atoms with Gasteiger partial charge < -0.3 is 24.8 Å². The highest BCUT2D eigenvalue weighted by Gasteiger charge is 2.28. The van der Waals surface area contributed by atoms with E-state index in [2.05, 4.69) is 10.3 Å². The fraction of sp³-hybridized carbons (Fsp3) is 0.412. The molecule has 1 aliphatic rings. The van der Waals surface area contributed by atoms with Gasteiger partial charge in [0.25, 0.3) is 5.91 Å². The number of aliphatic hydroxyl groups excluding tert-OH is 1. The average molecular weight is 363 g/mol. The van der Waals surface area contributed by atoms with Crippen molar-refractivity contribution in [3.8, 4) is 11.5 Å². The Kier molecular flexibility index (Phi) is 5.40. The minimum Gasteiger partial charge on any atom is -0.493 e. The zero-order valence-corrected chi connectivity index (χ0v) is 15.0. The van der Waals surface area contributed by atoms with E-state index in [9.17, 15) is 9.90 Å². The fourth-order valence-electron chi connectivity index (χ4n) is 2.95. The number of methoxy groups -OCH3 is 2. The maximum atomic E-state index is 12.6. The zero-order chi connectivity index (χ0) is 17.8. The quantitative estimate of drug-likeness (QED) is 0.838. The number of hydrogen-bond acceptors (Lipinski definition) is 7. The van der Waals surface area contributed by atoms with Gasteiger partial charge in [0.2, 0.25) is 0 Å². The molecule has 2 aromatic rings. The number of piperidine rings is 1. The van der Waals surface area contributed by atoms with Gasteiger partial charge in [-0.2, -0.15) is 0 Å². The first kappa shape index (κ1) is 17.5. The van der Waals surface area contributed by atoms with E-state index >= 15 is 0 Å². The van der Waals surface area contributed by atoms with E-state index in [0.717, 1.165) is 5.13 Å². The number of aliphatic hydroxyl groups is 1. The average Bonchev–Trinajstić information content (AvgIpc) is 3.15. The molecule has 1 aromatic carbocycles. The number of thiazole rings is 1. The van der Waals surface area contributed by atoms with E-state index in [1.807, 2.05) is 10.3 Å². The lowest BCUT2D eigenvalue weighted by atomic mass is 10.0. The van der Waals surface area contributed by atoms with Crippen molar-refractivity contribution in [2.45, 2.75) is 18.6 Å². The lowest BCUT2D eigenvalue weighted by Gasteiger charge is -2.35. The van der Waals surface area contributed by atoms with Gasteiger partial charge in [-0.05, 0) is 24.6 Å². The smallest absolute Gasteiger partial charge is 0.251 e. The molecule has 134 valence electrons. The SMILES string of the molecule is COc1ccc(C(=O)N[C@H]2C[C@@H](O)CN(c3nccs3)C2)cc1OC. The largest absolute Gasteiger partial charge is 0.493 e. The van der Waals surface area contributed by atoms with Crippen LogP contribution in [0, 0.1) is 0 Å². The number of β-amino-alcohol motifs (C(OH)–C–C–N with tert-alkyl or cyclic N) is 1. The van der Waals surface area contributed by atoms with Gasteiger partial charge in [0, 0.05) is 36.3 Å². The molecule has 1 fully saturated rings. The van der Waals surface area contributed by atoms with Crippen LogP contribution in [0.25, 0.3) is 0 Å². The van der Waals surface area contributed by atoms with Gasteiger partial charge >= 0.3 is 0 Å². The van der Waals surface area contributed by atoms with Crippen molar-refractivity contribution in [1.29, 1.82) is 0 Å². The highest BCUT2D eigenvalue weighted by atomic mass is 32.1. The van der Waals surface area contributed by atoms with Crippen LogP contribution in [0.15, 0.2) is 29.8 Å². The maximum absolute atomic E-state index is 12.6. The lowest BCUT2D eigenvalue weighted by molar-refractivity contribution is 0.0894. The van der Waals surface area contributed by atoms with Crippen molar-refractivity contribution in [3.05, 3.63) is 35.3 Å². The molecule has 7 nitrogen and oxygen atoms in total. The molecular formula is C17H21N3O4S. The summed E-state index contributed by atoms with van der Waals surface area (Å²) in [7, 11) is 3.08. The van der Waals surface area contributed by atoms with Crippen molar-refractivity contribution in [2.75, 3.05) is 32.2 Å². The Morgan fingerprint density at radius 2 is 2.12 bits per heavy atom. The summed E-state index contributed by atoms with van der Waals surface area (Å²) in [6.45, 7) is 1.14. The molecule has 2 atom stereocenters. The monoisotopic (exact) mass is 363 g/mol. The van der Waals surface area contributed by atoms with Crippen LogP contribution < -0.4 is 19.7 Å². The van der Waals surface area contributed by atoms with Gasteiger partial charge in [-0.15, -0.1) is 11.3 Å². The van der Waals surface area contributed by atoms with E-state index in [1.165, 1.54) is 18.4 Å². The molecule has 0 aliphatic carbocycles. The second kappa shape index (κ2) is 7.71.